The lowest BCUT2D eigenvalue weighted by Crippen LogP contribution is -2.73. The van der Waals surface area contributed by atoms with Crippen LogP contribution in [0.2, 0.25) is 0 Å². The summed E-state index contributed by atoms with van der Waals surface area (Å²) in [6.07, 6.45) is -62.3. The maximum Gasteiger partial charge on any atom is 0.474 e. The van der Waals surface area contributed by atoms with Gasteiger partial charge in [0.15, 0.2) is 62.0 Å². The minimum atomic E-state index is -8.62. The molecule has 38 nitrogen and oxygen atoms in total. The number of carbonyl (C=O) groups is 6. The number of halogens is 15. The minimum absolute atomic E-state index is 0.578. The monoisotopic (exact) mass is 1570 g/mol. The van der Waals surface area contributed by atoms with E-state index in [1.54, 1.807) is 0 Å². The lowest BCUT2D eigenvalue weighted by atomic mass is 9.85. The van der Waals surface area contributed by atoms with Crippen LogP contribution in [0.15, 0.2) is 0 Å². The third kappa shape index (κ3) is 18.7. The molecule has 5 aliphatic heterocycles. The van der Waals surface area contributed by atoms with Crippen molar-refractivity contribution < 1.29 is 221 Å². The van der Waals surface area contributed by atoms with Crippen LogP contribution >= 0.6 is 7.82 Å². The summed E-state index contributed by atoms with van der Waals surface area (Å²) in [5.41, 5.74) is 12.8. The van der Waals surface area contributed by atoms with Gasteiger partial charge in [0.2, 0.25) is 23.6 Å². The minimum Gasteiger partial charge on any atom is -0.479 e. The van der Waals surface area contributed by atoms with E-state index in [0.717, 1.165) is 26.1 Å². The third-order valence-electron chi connectivity index (χ3n) is 15.9. The molecule has 1 unspecified atom stereocenters. The first-order chi connectivity index (χ1) is 46.9. The Labute approximate surface area is 565 Å². The van der Waals surface area contributed by atoms with Crippen molar-refractivity contribution in [3.05, 3.63) is 0 Å². The molecule has 0 radical (unpaired) electrons. The highest BCUT2D eigenvalue weighted by molar-refractivity contribution is 7.47. The van der Waals surface area contributed by atoms with Gasteiger partial charge in [0.05, 0.1) is 39.1 Å². The molecule has 5 heterocycles. The van der Waals surface area contributed by atoms with E-state index in [-0.39, 0.29) is 0 Å². The van der Waals surface area contributed by atoms with Crippen LogP contribution in [0, 0.1) is 0 Å². The molecule has 5 fully saturated rings. The van der Waals surface area contributed by atoms with Crippen LogP contribution in [0.3, 0.4) is 0 Å². The number of carboxylic acids is 1. The number of alkyl halides is 15. The Hall–Kier alpha value is -5.16. The molecular formula is C49H70F15N6O32P. The number of nitrogens with one attached hydrogen (secondary N) is 3. The quantitative estimate of drug-likeness (QED) is 0.0169. The van der Waals surface area contributed by atoms with Crippen molar-refractivity contribution in [2.45, 2.75) is 228 Å². The normalized spacial score (nSPS) is 36.9. The number of ether oxygens (including phenoxy) is 11. The van der Waals surface area contributed by atoms with Crippen LogP contribution in [0.1, 0.15) is 27.7 Å². The molecule has 0 aliphatic carbocycles. The topological polar surface area (TPSA) is 596 Å². The van der Waals surface area contributed by atoms with Gasteiger partial charge in [-0.2, -0.15) is 65.9 Å². The van der Waals surface area contributed by atoms with Gasteiger partial charge in [-0.25, -0.2) is 14.2 Å². The summed E-state index contributed by atoms with van der Waals surface area (Å²) in [7, 11) is -6.32. The highest BCUT2D eigenvalue weighted by atomic mass is 31.2. The van der Waals surface area contributed by atoms with E-state index < -0.39 is 284 Å². The van der Waals surface area contributed by atoms with Crippen molar-refractivity contribution >= 4 is 43.5 Å². The number of aliphatic carboxylic acids is 1. The Morgan fingerprint density at radius 1 is 0.592 bits per heavy atom. The first kappa shape index (κ1) is 88.5. The summed E-state index contributed by atoms with van der Waals surface area (Å²) < 4.78 is 290. The molecule has 0 aromatic rings. The standard InChI is InChI=1S/C49H70F15N6O32P/c1-11-27(96-39-26(81)23(78)24(79)29(98-39)33(65)82)20(75)17(69-12(2)72)36(93-11)97-28-15(8-91-38-25(80)22(77)19(74)14(7-71)94-38)95-37(18(21(28)76)70-13(3)73)99-30-31(101-41(67)86)42(4,87)32(34(66)83)100-40(30)102-103(88,89)92-9-16(35(84)85)90-6-5-68-10-43(50,51)44(52,53)45(54,55)46(56,57)47(58,59)48(60,61)49(62,63)64/h11,14-32,36-40,68,71,74-81,87H,5-10H2,1-4H3,(H2,65,82)(H2,66,83)(H2,67,86)(H,69,72)(H,70,73)(H,84,85)(H,88,89)/t11-,14-,15-,16-,17-,18-,19-,20-,21-,22+,23+,24-,25-,26-,27-,28-,29+,30-,31-,32-,36+,37+,38-,39-,40-,42+/m1/s1. The number of amides is 5. The van der Waals surface area contributed by atoms with Crippen LogP contribution in [0.5, 0.6) is 0 Å². The van der Waals surface area contributed by atoms with Crippen LogP contribution in [-0.4, -0.2) is 337 Å². The van der Waals surface area contributed by atoms with Gasteiger partial charge in [-0.3, -0.25) is 28.2 Å². The number of hydrogen-bond acceptors (Lipinski definition) is 31. The third-order valence-corrected chi connectivity index (χ3v) is 16.9. The second-order valence-electron chi connectivity index (χ2n) is 23.5. The molecule has 5 aliphatic rings. The highest BCUT2D eigenvalue weighted by Crippen LogP contribution is 2.62. The summed E-state index contributed by atoms with van der Waals surface area (Å²) in [6, 6.07) is -4.28. The Morgan fingerprint density at radius 2 is 1.08 bits per heavy atom. The molecule has 0 saturated carbocycles. The van der Waals surface area contributed by atoms with E-state index in [2.05, 4.69) is 19.9 Å². The maximum atomic E-state index is 14.5. The Kier molecular flexibility index (Phi) is 28.5. The van der Waals surface area contributed by atoms with Crippen molar-refractivity contribution in [3.8, 4) is 0 Å². The van der Waals surface area contributed by atoms with Crippen LogP contribution in [-0.2, 0) is 89.7 Å². The number of carbonyl (C=O) groups excluding carboxylic acids is 5. The molecule has 27 atom stereocenters. The number of primary amides is 3. The Bertz CT molecular complexity index is 3000. The van der Waals surface area contributed by atoms with E-state index in [1.807, 2.05) is 0 Å². The van der Waals surface area contributed by atoms with E-state index in [9.17, 15) is 160 Å². The van der Waals surface area contributed by atoms with Crippen molar-refractivity contribution in [3.63, 3.8) is 0 Å². The fraction of sp³-hybridized carbons (Fsp3) is 0.878. The number of phosphoric acid groups is 1. The van der Waals surface area contributed by atoms with E-state index in [4.69, 9.17) is 69.1 Å². The summed E-state index contributed by atoms with van der Waals surface area (Å²) in [5.74, 6) is -56.4. The van der Waals surface area contributed by atoms with Gasteiger partial charge in [-0.1, -0.05) is 0 Å². The summed E-state index contributed by atoms with van der Waals surface area (Å²) in [5, 5.41) is 125. The van der Waals surface area contributed by atoms with Gasteiger partial charge in [0, 0.05) is 20.4 Å². The van der Waals surface area contributed by atoms with Crippen molar-refractivity contribution in [2.75, 3.05) is 39.5 Å². The summed E-state index contributed by atoms with van der Waals surface area (Å²) >= 11 is 0. The number of rotatable bonds is 32. The maximum absolute atomic E-state index is 14.5. The SMILES string of the molecule is CC(=O)N[C@H]1[C@H](O[C@H]2[C@H](O)[C@@H](NC(C)=O)[C@H](O[C@H]3[C@@H](OP(=O)(O)OC[C@@H](OCCNCC(F)(F)C(F)(F)C(F)(F)C(F)(F)C(F)(F)C(F)(F)C(F)(F)F)C(=O)O)O[C@H](C(N)=O)[C@@](C)(O)[C@@H]3OC(N)=O)O[C@@H]2CO[C@@H]2O[C@H](CO)[C@@H](O)[C@H](O)[C@H]2O)O[C@H](C)[C@@H](O[C@@H]2O[C@H](C(N)=O)[C@H](O)[C@H](O)[C@H]2O)[C@@H]1O. The highest BCUT2D eigenvalue weighted by Gasteiger charge is 2.93. The van der Waals surface area contributed by atoms with Crippen molar-refractivity contribution in [1.82, 2.24) is 16.0 Å². The van der Waals surface area contributed by atoms with Crippen molar-refractivity contribution in [1.29, 1.82) is 0 Å². The number of phosphoric ester groups is 1. The molecule has 5 rings (SSSR count). The number of nitrogens with two attached hydrogens (primary N) is 3. The van der Waals surface area contributed by atoms with Crippen LogP contribution in [0.4, 0.5) is 70.7 Å². The molecule has 5 saturated heterocycles. The Morgan fingerprint density at radius 3 is 1.58 bits per heavy atom. The first-order valence-electron chi connectivity index (χ1n) is 29.2. The predicted octanol–water partition coefficient (Wildman–Crippen LogP) is -6.56. The van der Waals surface area contributed by atoms with E-state index in [1.165, 1.54) is 0 Å². The van der Waals surface area contributed by atoms with Crippen LogP contribution < -0.4 is 33.2 Å². The van der Waals surface area contributed by atoms with Gasteiger partial charge in [0.1, 0.15) is 90.9 Å². The number of carboxylic acid groups (broad SMARTS) is 1. The first-order valence-corrected chi connectivity index (χ1v) is 30.7. The average molecular weight is 1570 g/mol. The Balaban J connectivity index is 1.47. The molecule has 21 N–H and O–H groups in total. The van der Waals surface area contributed by atoms with Gasteiger partial charge in [0.25, 0.3) is 0 Å². The smallest absolute Gasteiger partial charge is 0.474 e. The molecule has 54 heteroatoms. The second kappa shape index (κ2) is 33.1. The lowest BCUT2D eigenvalue weighted by Gasteiger charge is -2.52. The molecule has 598 valence electrons. The zero-order chi connectivity index (χ0) is 79.0. The fourth-order valence-corrected chi connectivity index (χ4v) is 11.3. The number of aliphatic hydroxyl groups excluding tert-OH is 9. The lowest BCUT2D eigenvalue weighted by molar-refractivity contribution is -0.451. The molecule has 0 bridgehead atoms. The van der Waals surface area contributed by atoms with Gasteiger partial charge < -0.3 is 146 Å². The zero-order valence-electron chi connectivity index (χ0n) is 52.6. The molecule has 0 aromatic carbocycles. The van der Waals surface area contributed by atoms with Crippen LogP contribution in [0.25, 0.3) is 0 Å². The van der Waals surface area contributed by atoms with Gasteiger partial charge in [-0.05, 0) is 13.8 Å². The number of aliphatic hydroxyl groups is 10. The molecular weight excluding hydrogens is 1500 g/mol. The average Bonchev–Trinajstić information content (AvgIpc) is 0.705. The van der Waals surface area contributed by atoms with E-state index in [0.29, 0.717) is 6.92 Å². The molecule has 103 heavy (non-hydrogen) atoms. The largest absolute Gasteiger partial charge is 0.479 e. The zero-order valence-corrected chi connectivity index (χ0v) is 53.5. The van der Waals surface area contributed by atoms with Crippen molar-refractivity contribution in [2.24, 2.45) is 17.2 Å². The molecule has 0 spiro atoms. The van der Waals surface area contributed by atoms with Gasteiger partial charge in [-0.15, -0.1) is 0 Å². The molecule has 0 aromatic heterocycles. The summed E-state index contributed by atoms with van der Waals surface area (Å²) in [4.78, 5) is 86.5. The summed E-state index contributed by atoms with van der Waals surface area (Å²) in [6.45, 7) is -7.15. The van der Waals surface area contributed by atoms with E-state index >= 15 is 0 Å². The fourth-order valence-electron chi connectivity index (χ4n) is 10.5. The second-order valence-corrected chi connectivity index (χ2v) is 24.9. The number of hydrogen-bond donors (Lipinski definition) is 18. The predicted molar refractivity (Wildman–Crippen MR) is 286 cm³/mol. The van der Waals surface area contributed by atoms with Gasteiger partial charge >= 0.3 is 61.6 Å². The molecule has 5 amide bonds.